The summed E-state index contributed by atoms with van der Waals surface area (Å²) >= 11 is 0. The molecule has 0 atom stereocenters. The Kier molecular flexibility index (Phi) is 4.66. The van der Waals surface area contributed by atoms with Crippen LogP contribution in [0, 0.1) is 19.8 Å². The Morgan fingerprint density at radius 3 is 2.33 bits per heavy atom. The molecule has 0 unspecified atom stereocenters. The second kappa shape index (κ2) is 6.29. The average Bonchev–Trinajstić information content (AvgIpc) is 2.48. The Morgan fingerprint density at radius 2 is 1.76 bits per heavy atom. The fraction of sp³-hybridized carbons (Fsp3) is 0.529. The number of carbonyl (C=O) groups is 2. The molecule has 4 heteroatoms. The molecular formula is C17H24N2O2. The lowest BCUT2D eigenvalue weighted by Gasteiger charge is -2.32. The lowest BCUT2D eigenvalue weighted by Crippen LogP contribution is -2.42. The molecule has 1 aromatic rings. The molecule has 114 valence electrons. The summed E-state index contributed by atoms with van der Waals surface area (Å²) in [5, 5.41) is 0. The zero-order valence-electron chi connectivity index (χ0n) is 13.3. The third kappa shape index (κ3) is 3.26. The highest BCUT2D eigenvalue weighted by Crippen LogP contribution is 2.22. The van der Waals surface area contributed by atoms with Crippen LogP contribution in [0.3, 0.4) is 0 Å². The van der Waals surface area contributed by atoms with Gasteiger partial charge in [-0.15, -0.1) is 0 Å². The molecule has 1 aliphatic rings. The van der Waals surface area contributed by atoms with E-state index in [2.05, 4.69) is 0 Å². The largest absolute Gasteiger partial charge is 0.349 e. The fourth-order valence-corrected chi connectivity index (χ4v) is 2.85. The summed E-state index contributed by atoms with van der Waals surface area (Å²) in [5.74, 6) is 0.323. The summed E-state index contributed by atoms with van der Waals surface area (Å²) in [6.45, 7) is 5.34. The molecule has 0 radical (unpaired) electrons. The number of hydrogen-bond donors (Lipinski definition) is 0. The number of aryl methyl sites for hydroxylation is 1. The lowest BCUT2D eigenvalue weighted by atomic mass is 9.94. The van der Waals surface area contributed by atoms with Crippen LogP contribution in [-0.4, -0.2) is 48.8 Å². The highest BCUT2D eigenvalue weighted by molar-refractivity contribution is 5.96. The molecule has 2 amide bonds. The number of nitrogens with zero attached hydrogens (tertiary/aromatic N) is 2. The van der Waals surface area contributed by atoms with Gasteiger partial charge < -0.3 is 9.80 Å². The number of benzene rings is 1. The molecule has 1 fully saturated rings. The first kappa shape index (κ1) is 15.5. The second-order valence-electron chi connectivity index (χ2n) is 6.05. The van der Waals surface area contributed by atoms with Crippen molar-refractivity contribution in [1.29, 1.82) is 0 Å². The smallest absolute Gasteiger partial charge is 0.254 e. The van der Waals surface area contributed by atoms with Crippen molar-refractivity contribution in [3.05, 3.63) is 34.9 Å². The number of amides is 2. The molecule has 21 heavy (non-hydrogen) atoms. The Bertz CT molecular complexity index is 544. The number of hydrogen-bond acceptors (Lipinski definition) is 2. The molecule has 1 heterocycles. The van der Waals surface area contributed by atoms with E-state index in [4.69, 9.17) is 0 Å². The first-order chi connectivity index (χ1) is 9.91. The van der Waals surface area contributed by atoms with Gasteiger partial charge in [0.1, 0.15) is 0 Å². The predicted molar refractivity (Wildman–Crippen MR) is 83.2 cm³/mol. The van der Waals surface area contributed by atoms with Crippen molar-refractivity contribution < 1.29 is 9.59 Å². The van der Waals surface area contributed by atoms with Gasteiger partial charge in [-0.3, -0.25) is 9.59 Å². The van der Waals surface area contributed by atoms with Crippen molar-refractivity contribution in [3.8, 4) is 0 Å². The van der Waals surface area contributed by atoms with Crippen molar-refractivity contribution >= 4 is 11.8 Å². The van der Waals surface area contributed by atoms with E-state index < -0.39 is 0 Å². The standard InChI is InChI=1S/C17H24N2O2/c1-12-6-5-7-15(13(12)2)17(21)19-10-8-14(9-11-19)16(20)18(3)4/h5-7,14H,8-11H2,1-4H3. The molecule has 1 aromatic carbocycles. The SMILES string of the molecule is Cc1cccc(C(=O)N2CCC(C(=O)N(C)C)CC2)c1C. The van der Waals surface area contributed by atoms with Crippen LogP contribution in [-0.2, 0) is 4.79 Å². The monoisotopic (exact) mass is 288 g/mol. The zero-order valence-corrected chi connectivity index (χ0v) is 13.3. The highest BCUT2D eigenvalue weighted by Gasteiger charge is 2.29. The molecule has 0 N–H and O–H groups in total. The fourth-order valence-electron chi connectivity index (χ4n) is 2.85. The molecule has 0 aromatic heterocycles. The van der Waals surface area contributed by atoms with Crippen LogP contribution < -0.4 is 0 Å². The van der Waals surface area contributed by atoms with E-state index in [1.165, 1.54) is 0 Å². The van der Waals surface area contributed by atoms with Crippen LogP contribution >= 0.6 is 0 Å². The van der Waals surface area contributed by atoms with Gasteiger partial charge in [-0.25, -0.2) is 0 Å². The summed E-state index contributed by atoms with van der Waals surface area (Å²) in [6, 6.07) is 5.84. The van der Waals surface area contributed by atoms with Gasteiger partial charge in [-0.2, -0.15) is 0 Å². The quantitative estimate of drug-likeness (QED) is 0.837. The third-order valence-corrected chi connectivity index (χ3v) is 4.41. The molecule has 4 nitrogen and oxygen atoms in total. The molecular weight excluding hydrogens is 264 g/mol. The molecule has 2 rings (SSSR count). The van der Waals surface area contributed by atoms with Crippen LogP contribution in [0.5, 0.6) is 0 Å². The van der Waals surface area contributed by atoms with Crippen molar-refractivity contribution in [3.63, 3.8) is 0 Å². The van der Waals surface area contributed by atoms with E-state index >= 15 is 0 Å². The van der Waals surface area contributed by atoms with E-state index in [9.17, 15) is 9.59 Å². The number of rotatable bonds is 2. The van der Waals surface area contributed by atoms with Gasteiger partial charge in [-0.05, 0) is 43.9 Å². The Labute approximate surface area is 126 Å². The Hall–Kier alpha value is -1.84. The molecule has 1 aliphatic heterocycles. The minimum Gasteiger partial charge on any atom is -0.349 e. The van der Waals surface area contributed by atoms with Gasteiger partial charge in [0, 0.05) is 38.7 Å². The van der Waals surface area contributed by atoms with Crippen molar-refractivity contribution in [2.45, 2.75) is 26.7 Å². The van der Waals surface area contributed by atoms with E-state index in [1.54, 1.807) is 19.0 Å². The van der Waals surface area contributed by atoms with Gasteiger partial charge in [0.05, 0.1) is 0 Å². The van der Waals surface area contributed by atoms with E-state index in [1.807, 2.05) is 36.9 Å². The van der Waals surface area contributed by atoms with Crippen molar-refractivity contribution in [2.75, 3.05) is 27.2 Å². The summed E-state index contributed by atoms with van der Waals surface area (Å²) in [5.41, 5.74) is 2.97. The summed E-state index contributed by atoms with van der Waals surface area (Å²) < 4.78 is 0. The van der Waals surface area contributed by atoms with E-state index in [-0.39, 0.29) is 17.7 Å². The van der Waals surface area contributed by atoms with Crippen molar-refractivity contribution in [2.24, 2.45) is 5.92 Å². The van der Waals surface area contributed by atoms with Crippen LogP contribution in [0.4, 0.5) is 0 Å². The van der Waals surface area contributed by atoms with E-state index in [0.717, 1.165) is 29.5 Å². The maximum absolute atomic E-state index is 12.6. The normalized spacial score (nSPS) is 15.9. The minimum absolute atomic E-state index is 0.0580. The third-order valence-electron chi connectivity index (χ3n) is 4.41. The molecule has 0 saturated carbocycles. The zero-order chi connectivity index (χ0) is 15.6. The first-order valence-electron chi connectivity index (χ1n) is 7.48. The summed E-state index contributed by atoms with van der Waals surface area (Å²) in [7, 11) is 3.58. The number of piperidine rings is 1. The van der Waals surface area contributed by atoms with Gasteiger partial charge in [0.15, 0.2) is 0 Å². The second-order valence-corrected chi connectivity index (χ2v) is 6.05. The van der Waals surface area contributed by atoms with Crippen LogP contribution in [0.15, 0.2) is 18.2 Å². The van der Waals surface area contributed by atoms with Gasteiger partial charge in [0.2, 0.25) is 5.91 Å². The van der Waals surface area contributed by atoms with Crippen LogP contribution in [0.25, 0.3) is 0 Å². The molecule has 0 aliphatic carbocycles. The van der Waals surface area contributed by atoms with Gasteiger partial charge in [-0.1, -0.05) is 12.1 Å². The molecule has 0 spiro atoms. The predicted octanol–water partition coefficient (Wildman–Crippen LogP) is 2.24. The molecule has 1 saturated heterocycles. The summed E-state index contributed by atoms with van der Waals surface area (Å²) in [6.07, 6.45) is 1.52. The van der Waals surface area contributed by atoms with Crippen LogP contribution in [0.1, 0.15) is 34.3 Å². The first-order valence-corrected chi connectivity index (χ1v) is 7.48. The van der Waals surface area contributed by atoms with E-state index in [0.29, 0.717) is 13.1 Å². The number of likely N-dealkylation sites (tertiary alicyclic amines) is 1. The molecule has 0 bridgehead atoms. The Morgan fingerprint density at radius 1 is 1.14 bits per heavy atom. The van der Waals surface area contributed by atoms with Gasteiger partial charge in [0.25, 0.3) is 5.91 Å². The maximum Gasteiger partial charge on any atom is 0.254 e. The topological polar surface area (TPSA) is 40.6 Å². The van der Waals surface area contributed by atoms with Gasteiger partial charge >= 0.3 is 0 Å². The Balaban J connectivity index is 2.04. The average molecular weight is 288 g/mol. The van der Waals surface area contributed by atoms with Crippen molar-refractivity contribution in [1.82, 2.24) is 9.80 Å². The number of carbonyl (C=O) groups excluding carboxylic acids is 2. The maximum atomic E-state index is 12.6. The summed E-state index contributed by atoms with van der Waals surface area (Å²) in [4.78, 5) is 28.1. The lowest BCUT2D eigenvalue weighted by molar-refractivity contribution is -0.134. The minimum atomic E-state index is 0.0580. The van der Waals surface area contributed by atoms with Crippen LogP contribution in [0.2, 0.25) is 0 Å². The highest BCUT2D eigenvalue weighted by atomic mass is 16.2.